The van der Waals surface area contributed by atoms with Crippen molar-refractivity contribution in [1.82, 2.24) is 0 Å². The minimum atomic E-state index is -0.614. The van der Waals surface area contributed by atoms with E-state index in [4.69, 9.17) is 9.47 Å². The average molecular weight is 415 g/mol. The number of quaternary nitrogens is 2. The van der Waals surface area contributed by atoms with Gasteiger partial charge in [-0.25, -0.2) is 0 Å². The highest BCUT2D eigenvalue weighted by molar-refractivity contribution is 5.79. The molecule has 1 unspecified atom stereocenters. The molecule has 0 heterocycles. The Bertz CT molecular complexity index is 866. The number of hydrogen-bond acceptors (Lipinski definition) is 3. The zero-order valence-electron chi connectivity index (χ0n) is 19.4. The van der Waals surface area contributed by atoms with Gasteiger partial charge in [0.2, 0.25) is 0 Å². The number of aliphatic hydroxyl groups is 1. The summed E-state index contributed by atoms with van der Waals surface area (Å²) in [6.07, 6.45) is 1.39. The van der Waals surface area contributed by atoms with Crippen molar-refractivity contribution in [2.45, 2.75) is 18.9 Å². The minimum absolute atomic E-state index is 0.614. The van der Waals surface area contributed by atoms with E-state index in [1.807, 2.05) is 24.3 Å². The van der Waals surface area contributed by atoms with Crippen LogP contribution in [0.2, 0.25) is 0 Å². The lowest BCUT2D eigenvalue weighted by molar-refractivity contribution is -0.870. The van der Waals surface area contributed by atoms with Crippen LogP contribution in [0.15, 0.2) is 36.4 Å². The van der Waals surface area contributed by atoms with Crippen molar-refractivity contribution in [2.75, 3.05) is 68.6 Å². The van der Waals surface area contributed by atoms with E-state index in [0.717, 1.165) is 68.7 Å². The Morgan fingerprint density at radius 2 is 1.23 bits per heavy atom. The molecule has 2 aromatic carbocycles. The van der Waals surface area contributed by atoms with Crippen LogP contribution in [0.4, 0.5) is 0 Å². The first-order chi connectivity index (χ1) is 14.0. The number of hydrogen-bond donors (Lipinski definition) is 1. The summed E-state index contributed by atoms with van der Waals surface area (Å²) in [6, 6.07) is 12.0. The summed E-state index contributed by atoms with van der Waals surface area (Å²) >= 11 is 0. The van der Waals surface area contributed by atoms with Gasteiger partial charge in [0.25, 0.3) is 0 Å². The molecule has 0 bridgehead atoms. The molecule has 30 heavy (non-hydrogen) atoms. The fourth-order valence-electron chi connectivity index (χ4n) is 3.82. The molecular weight excluding hydrogens is 376 g/mol. The maximum atomic E-state index is 10.8. The SMILES string of the molecule is C[N+](C)(C)CCCOc1ccc2c(c1)-c1ccc(OCCC[N+](C)(C)C)cc1C2O. The highest BCUT2D eigenvalue weighted by atomic mass is 16.5. The van der Waals surface area contributed by atoms with E-state index >= 15 is 0 Å². The number of aliphatic hydroxyl groups excluding tert-OH is 1. The van der Waals surface area contributed by atoms with Crippen molar-refractivity contribution in [2.24, 2.45) is 0 Å². The molecule has 5 nitrogen and oxygen atoms in total. The zero-order valence-corrected chi connectivity index (χ0v) is 19.4. The maximum absolute atomic E-state index is 10.8. The average Bonchev–Trinajstić information content (AvgIpc) is 2.93. The van der Waals surface area contributed by atoms with Gasteiger partial charge in [-0.2, -0.15) is 0 Å². The van der Waals surface area contributed by atoms with Crippen molar-refractivity contribution in [3.63, 3.8) is 0 Å². The predicted molar refractivity (Wildman–Crippen MR) is 122 cm³/mol. The maximum Gasteiger partial charge on any atom is 0.119 e. The Balaban J connectivity index is 1.64. The van der Waals surface area contributed by atoms with Gasteiger partial charge in [-0.05, 0) is 46.5 Å². The molecule has 0 saturated carbocycles. The fourth-order valence-corrected chi connectivity index (χ4v) is 3.82. The second kappa shape index (κ2) is 8.96. The summed E-state index contributed by atoms with van der Waals surface area (Å²) < 4.78 is 13.8. The standard InChI is InChI=1S/C25H38N2O3/c1-26(2,3)13-7-15-29-19-10-12-22-23(17-19)21-11-9-20(18-24(21)25(22)28)30-16-8-14-27(4,5)6/h9-12,17-18,25,28H,7-8,13-16H2,1-6H3/q+2. The van der Waals surface area contributed by atoms with Crippen LogP contribution in [0, 0.1) is 0 Å². The molecule has 1 atom stereocenters. The summed E-state index contributed by atoms with van der Waals surface area (Å²) in [4.78, 5) is 0. The van der Waals surface area contributed by atoms with Gasteiger partial charge in [-0.3, -0.25) is 0 Å². The summed E-state index contributed by atoms with van der Waals surface area (Å²) in [7, 11) is 13.1. The molecule has 1 aliphatic carbocycles. The van der Waals surface area contributed by atoms with Crippen LogP contribution in [0.1, 0.15) is 30.1 Å². The van der Waals surface area contributed by atoms with Crippen LogP contribution < -0.4 is 9.47 Å². The first-order valence-electron chi connectivity index (χ1n) is 10.9. The molecule has 0 aliphatic heterocycles. The van der Waals surface area contributed by atoms with Gasteiger partial charge in [0.1, 0.15) is 17.6 Å². The van der Waals surface area contributed by atoms with Gasteiger partial charge in [0, 0.05) is 12.8 Å². The largest absolute Gasteiger partial charge is 0.493 e. The smallest absolute Gasteiger partial charge is 0.119 e. The van der Waals surface area contributed by atoms with E-state index in [0.29, 0.717) is 13.2 Å². The molecule has 2 aromatic rings. The quantitative estimate of drug-likeness (QED) is 0.476. The molecule has 164 valence electrons. The molecule has 0 spiro atoms. The Labute approximate surface area is 181 Å². The molecule has 0 saturated heterocycles. The molecule has 5 heteroatoms. The topological polar surface area (TPSA) is 38.7 Å². The van der Waals surface area contributed by atoms with Crippen molar-refractivity contribution < 1.29 is 23.5 Å². The Morgan fingerprint density at radius 1 is 0.700 bits per heavy atom. The lowest BCUT2D eigenvalue weighted by atomic mass is 10.1. The lowest BCUT2D eigenvalue weighted by Gasteiger charge is -2.23. The molecule has 3 rings (SSSR count). The molecular formula is C25H38N2O3+2. The summed E-state index contributed by atoms with van der Waals surface area (Å²) in [6.45, 7) is 3.52. The normalized spacial score (nSPS) is 15.6. The first kappa shape index (κ1) is 22.6. The Hall–Kier alpha value is -2.08. The highest BCUT2D eigenvalue weighted by Gasteiger charge is 2.28. The van der Waals surface area contributed by atoms with Crippen molar-refractivity contribution in [3.8, 4) is 22.6 Å². The molecule has 1 aliphatic rings. The van der Waals surface area contributed by atoms with E-state index < -0.39 is 6.10 Å². The highest BCUT2D eigenvalue weighted by Crippen LogP contribution is 2.46. The van der Waals surface area contributed by atoms with Gasteiger partial charge in [-0.15, -0.1) is 0 Å². The lowest BCUT2D eigenvalue weighted by Crippen LogP contribution is -2.36. The number of fused-ring (bicyclic) bond motifs is 3. The zero-order chi connectivity index (χ0) is 21.9. The fraction of sp³-hybridized carbons (Fsp3) is 0.520. The van der Waals surface area contributed by atoms with Crippen molar-refractivity contribution >= 4 is 0 Å². The molecule has 0 amide bonds. The Kier molecular flexibility index (Phi) is 6.75. The van der Waals surface area contributed by atoms with Crippen LogP contribution in [-0.2, 0) is 0 Å². The second-order valence-electron chi connectivity index (χ2n) is 10.3. The third-order valence-electron chi connectivity index (χ3n) is 5.41. The van der Waals surface area contributed by atoms with Crippen LogP contribution in [0.25, 0.3) is 11.1 Å². The number of benzene rings is 2. The molecule has 0 fully saturated rings. The van der Waals surface area contributed by atoms with E-state index in [1.165, 1.54) is 0 Å². The molecule has 0 aromatic heterocycles. The third-order valence-corrected chi connectivity index (χ3v) is 5.41. The van der Waals surface area contributed by atoms with Crippen LogP contribution in [0.5, 0.6) is 11.5 Å². The molecule has 0 radical (unpaired) electrons. The van der Waals surface area contributed by atoms with E-state index in [1.54, 1.807) is 0 Å². The van der Waals surface area contributed by atoms with Crippen LogP contribution in [0.3, 0.4) is 0 Å². The van der Waals surface area contributed by atoms with Crippen molar-refractivity contribution in [3.05, 3.63) is 47.5 Å². The Morgan fingerprint density at radius 3 is 1.80 bits per heavy atom. The minimum Gasteiger partial charge on any atom is -0.493 e. The van der Waals surface area contributed by atoms with Gasteiger partial charge >= 0.3 is 0 Å². The van der Waals surface area contributed by atoms with Gasteiger partial charge in [0.15, 0.2) is 0 Å². The number of rotatable bonds is 10. The van der Waals surface area contributed by atoms with E-state index in [-0.39, 0.29) is 0 Å². The summed E-state index contributed by atoms with van der Waals surface area (Å²) in [5.74, 6) is 1.68. The number of nitrogens with zero attached hydrogens (tertiary/aromatic N) is 2. The second-order valence-corrected chi connectivity index (χ2v) is 10.3. The van der Waals surface area contributed by atoms with Gasteiger partial charge < -0.3 is 23.5 Å². The number of ether oxygens (including phenoxy) is 2. The summed E-state index contributed by atoms with van der Waals surface area (Å²) in [5.41, 5.74) is 3.97. The monoisotopic (exact) mass is 414 g/mol. The van der Waals surface area contributed by atoms with Crippen molar-refractivity contribution in [1.29, 1.82) is 0 Å². The van der Waals surface area contributed by atoms with E-state index in [2.05, 4.69) is 54.4 Å². The van der Waals surface area contributed by atoms with Crippen LogP contribution in [-0.4, -0.2) is 82.7 Å². The van der Waals surface area contributed by atoms with Gasteiger partial charge in [0.05, 0.1) is 68.6 Å². The van der Waals surface area contributed by atoms with E-state index in [9.17, 15) is 5.11 Å². The van der Waals surface area contributed by atoms with Crippen LogP contribution >= 0.6 is 0 Å². The predicted octanol–water partition coefficient (Wildman–Crippen LogP) is 3.70. The summed E-state index contributed by atoms with van der Waals surface area (Å²) in [5, 5.41) is 10.8. The van der Waals surface area contributed by atoms with Gasteiger partial charge in [-0.1, -0.05) is 12.1 Å². The third kappa shape index (κ3) is 5.97. The first-order valence-corrected chi connectivity index (χ1v) is 10.9. The molecule has 1 N–H and O–H groups in total.